The Morgan fingerprint density at radius 2 is 2.18 bits per heavy atom. The molecule has 1 saturated heterocycles. The summed E-state index contributed by atoms with van der Waals surface area (Å²) in [6.45, 7) is 10.2. The zero-order valence-electron chi connectivity index (χ0n) is 16.9. The molecular formula is C22H30N4OS. The molecule has 0 bridgehead atoms. The van der Waals surface area contributed by atoms with E-state index < -0.39 is 0 Å². The lowest BCUT2D eigenvalue weighted by Gasteiger charge is -2.27. The van der Waals surface area contributed by atoms with Crippen LogP contribution in [0.15, 0.2) is 23.7 Å². The van der Waals surface area contributed by atoms with Crippen LogP contribution in [0.5, 0.6) is 0 Å². The standard InChI is InChI=1S/C22H30N4OS/c1-3-16-5-6-17(23-11-16)12-26-10-8-19-20(15-28-21(19)14-26)22(27)24-18-7-9-25(4-2)13-18/h5-6,11,15,18H,3-4,7-10,12-14H2,1-2H3,(H,24,27)/t18-/m0/s1. The Morgan fingerprint density at radius 3 is 2.89 bits per heavy atom. The Balaban J connectivity index is 1.36. The molecule has 0 spiro atoms. The van der Waals surface area contributed by atoms with Gasteiger partial charge in [-0.05, 0) is 43.0 Å². The van der Waals surface area contributed by atoms with E-state index in [2.05, 4.69) is 51.5 Å². The lowest BCUT2D eigenvalue weighted by Crippen LogP contribution is -2.38. The van der Waals surface area contributed by atoms with Crippen molar-refractivity contribution in [1.82, 2.24) is 20.1 Å². The number of carbonyl (C=O) groups is 1. The van der Waals surface area contributed by atoms with Gasteiger partial charge in [0.2, 0.25) is 0 Å². The normalized spacial score (nSPS) is 20.3. The Morgan fingerprint density at radius 1 is 1.29 bits per heavy atom. The highest BCUT2D eigenvalue weighted by atomic mass is 32.1. The average Bonchev–Trinajstić information content (AvgIpc) is 3.35. The SMILES string of the molecule is CCc1ccc(CN2CCc3c(C(=O)N[C@H]4CCN(CC)C4)csc3C2)nc1. The largest absolute Gasteiger partial charge is 0.348 e. The highest BCUT2D eigenvalue weighted by Crippen LogP contribution is 2.29. The molecule has 0 unspecified atom stereocenters. The van der Waals surface area contributed by atoms with Crippen LogP contribution in [0, 0.1) is 0 Å². The van der Waals surface area contributed by atoms with Gasteiger partial charge >= 0.3 is 0 Å². The Kier molecular flexibility index (Phi) is 6.09. The van der Waals surface area contributed by atoms with Gasteiger partial charge in [0.05, 0.1) is 11.3 Å². The van der Waals surface area contributed by atoms with Crippen LogP contribution in [-0.4, -0.2) is 52.9 Å². The number of amides is 1. The molecule has 0 radical (unpaired) electrons. The smallest absolute Gasteiger partial charge is 0.252 e. The number of hydrogen-bond acceptors (Lipinski definition) is 5. The summed E-state index contributed by atoms with van der Waals surface area (Å²) in [6.07, 6.45) is 5.02. The maximum Gasteiger partial charge on any atom is 0.252 e. The van der Waals surface area contributed by atoms with E-state index in [1.807, 2.05) is 6.20 Å². The molecule has 2 aromatic rings. The predicted molar refractivity (Wildman–Crippen MR) is 114 cm³/mol. The van der Waals surface area contributed by atoms with Crippen LogP contribution >= 0.6 is 11.3 Å². The van der Waals surface area contributed by atoms with Crippen molar-refractivity contribution in [3.05, 3.63) is 51.0 Å². The molecule has 0 saturated carbocycles. The second kappa shape index (κ2) is 8.72. The lowest BCUT2D eigenvalue weighted by molar-refractivity contribution is 0.0936. The summed E-state index contributed by atoms with van der Waals surface area (Å²) in [5, 5.41) is 5.32. The molecule has 6 heteroatoms. The van der Waals surface area contributed by atoms with Crippen LogP contribution in [0.4, 0.5) is 0 Å². The number of carbonyl (C=O) groups excluding carboxylic acids is 1. The Hall–Kier alpha value is -1.76. The molecule has 1 N–H and O–H groups in total. The topological polar surface area (TPSA) is 48.5 Å². The van der Waals surface area contributed by atoms with E-state index in [-0.39, 0.29) is 5.91 Å². The number of nitrogens with zero attached hydrogens (tertiary/aromatic N) is 3. The second-order valence-corrected chi connectivity index (χ2v) is 8.84. The molecule has 0 aliphatic carbocycles. The summed E-state index contributed by atoms with van der Waals surface area (Å²) in [7, 11) is 0. The van der Waals surface area contributed by atoms with Gasteiger partial charge in [-0.1, -0.05) is 19.9 Å². The van der Waals surface area contributed by atoms with Crippen molar-refractivity contribution >= 4 is 17.2 Å². The van der Waals surface area contributed by atoms with Gasteiger partial charge in [0.25, 0.3) is 5.91 Å². The van der Waals surface area contributed by atoms with Gasteiger partial charge in [0, 0.05) is 55.2 Å². The van der Waals surface area contributed by atoms with E-state index in [4.69, 9.17) is 0 Å². The van der Waals surface area contributed by atoms with E-state index >= 15 is 0 Å². The Labute approximate surface area is 171 Å². The summed E-state index contributed by atoms with van der Waals surface area (Å²) in [5.74, 6) is 0.116. The number of likely N-dealkylation sites (tertiary alicyclic amines) is 1. The molecule has 2 aliphatic heterocycles. The fourth-order valence-corrected chi connectivity index (χ4v) is 5.32. The average molecular weight is 399 g/mol. The number of rotatable bonds is 6. The quantitative estimate of drug-likeness (QED) is 0.812. The first kappa shape index (κ1) is 19.6. The van der Waals surface area contributed by atoms with Crippen molar-refractivity contribution in [2.24, 2.45) is 0 Å². The van der Waals surface area contributed by atoms with Crippen molar-refractivity contribution in [3.8, 4) is 0 Å². The van der Waals surface area contributed by atoms with Gasteiger partial charge in [0.15, 0.2) is 0 Å². The molecule has 28 heavy (non-hydrogen) atoms. The molecule has 0 aromatic carbocycles. The van der Waals surface area contributed by atoms with Gasteiger partial charge in [-0.15, -0.1) is 11.3 Å². The number of aromatic nitrogens is 1. The van der Waals surface area contributed by atoms with Gasteiger partial charge in [-0.2, -0.15) is 0 Å². The van der Waals surface area contributed by atoms with Gasteiger partial charge in [0.1, 0.15) is 0 Å². The summed E-state index contributed by atoms with van der Waals surface area (Å²) in [4.78, 5) is 23.6. The van der Waals surface area contributed by atoms with E-state index in [0.717, 1.165) is 69.8 Å². The lowest BCUT2D eigenvalue weighted by atomic mass is 10.0. The van der Waals surface area contributed by atoms with Crippen LogP contribution < -0.4 is 5.32 Å². The number of pyridine rings is 1. The van der Waals surface area contributed by atoms with Gasteiger partial charge in [-0.3, -0.25) is 14.7 Å². The number of fused-ring (bicyclic) bond motifs is 1. The molecule has 4 rings (SSSR count). The molecule has 1 fully saturated rings. The summed E-state index contributed by atoms with van der Waals surface area (Å²) >= 11 is 1.73. The number of aryl methyl sites for hydroxylation is 1. The van der Waals surface area contributed by atoms with Crippen LogP contribution in [0.1, 0.15) is 52.3 Å². The second-order valence-electron chi connectivity index (χ2n) is 7.88. The minimum Gasteiger partial charge on any atom is -0.348 e. The van der Waals surface area contributed by atoms with E-state index in [1.54, 1.807) is 11.3 Å². The molecule has 1 amide bonds. The third kappa shape index (κ3) is 4.29. The van der Waals surface area contributed by atoms with Gasteiger partial charge < -0.3 is 10.2 Å². The number of hydrogen-bond donors (Lipinski definition) is 1. The van der Waals surface area contributed by atoms with Crippen molar-refractivity contribution < 1.29 is 4.79 Å². The zero-order chi connectivity index (χ0) is 19.5. The highest BCUT2D eigenvalue weighted by molar-refractivity contribution is 7.10. The van der Waals surface area contributed by atoms with Gasteiger partial charge in [-0.25, -0.2) is 0 Å². The van der Waals surface area contributed by atoms with E-state index in [1.165, 1.54) is 16.0 Å². The highest BCUT2D eigenvalue weighted by Gasteiger charge is 2.27. The maximum atomic E-state index is 12.8. The van der Waals surface area contributed by atoms with Crippen molar-refractivity contribution in [2.45, 2.75) is 52.2 Å². The minimum atomic E-state index is 0.116. The van der Waals surface area contributed by atoms with Crippen LogP contribution in [0.2, 0.25) is 0 Å². The third-order valence-corrected chi connectivity index (χ3v) is 7.02. The maximum absolute atomic E-state index is 12.8. The summed E-state index contributed by atoms with van der Waals surface area (Å²) < 4.78 is 0. The van der Waals surface area contributed by atoms with Crippen LogP contribution in [0.3, 0.4) is 0 Å². The predicted octanol–water partition coefficient (Wildman–Crippen LogP) is 3.09. The van der Waals surface area contributed by atoms with Crippen LogP contribution in [0.25, 0.3) is 0 Å². The monoisotopic (exact) mass is 398 g/mol. The van der Waals surface area contributed by atoms with E-state index in [0.29, 0.717) is 6.04 Å². The third-order valence-electron chi connectivity index (χ3n) is 6.01. The molecule has 150 valence electrons. The summed E-state index contributed by atoms with van der Waals surface area (Å²) in [5.41, 5.74) is 4.57. The number of thiophene rings is 1. The number of likely N-dealkylation sites (N-methyl/N-ethyl adjacent to an activating group) is 1. The molecule has 5 nitrogen and oxygen atoms in total. The first-order chi connectivity index (χ1) is 13.7. The van der Waals surface area contributed by atoms with Crippen molar-refractivity contribution in [3.63, 3.8) is 0 Å². The summed E-state index contributed by atoms with van der Waals surface area (Å²) in [6, 6.07) is 4.61. The first-order valence-electron chi connectivity index (χ1n) is 10.4. The Bertz CT molecular complexity index is 816. The zero-order valence-corrected chi connectivity index (χ0v) is 17.7. The molecule has 2 aliphatic rings. The van der Waals surface area contributed by atoms with E-state index in [9.17, 15) is 4.79 Å². The number of nitrogens with one attached hydrogen (secondary N) is 1. The minimum absolute atomic E-state index is 0.116. The van der Waals surface area contributed by atoms with Crippen molar-refractivity contribution in [1.29, 1.82) is 0 Å². The fourth-order valence-electron chi connectivity index (χ4n) is 4.19. The molecule has 1 atom stereocenters. The molecule has 4 heterocycles. The molecular weight excluding hydrogens is 368 g/mol. The molecule has 2 aromatic heterocycles. The van der Waals surface area contributed by atoms with Crippen LogP contribution in [-0.2, 0) is 25.9 Å². The van der Waals surface area contributed by atoms with Crippen molar-refractivity contribution in [2.75, 3.05) is 26.2 Å². The fraction of sp³-hybridized carbons (Fsp3) is 0.545. The first-order valence-corrected chi connectivity index (χ1v) is 11.3.